The quantitative estimate of drug-likeness (QED) is 0.626. The van der Waals surface area contributed by atoms with Crippen LogP contribution in [0.5, 0.6) is 5.75 Å². The maximum absolute atomic E-state index is 13.1. The van der Waals surface area contributed by atoms with E-state index in [4.69, 9.17) is 4.74 Å². The predicted molar refractivity (Wildman–Crippen MR) is 94.3 cm³/mol. The second-order valence-electron chi connectivity index (χ2n) is 5.02. The minimum Gasteiger partial charge on any atom is -0.494 e. The van der Waals surface area contributed by atoms with E-state index in [0.717, 1.165) is 12.5 Å². The van der Waals surface area contributed by atoms with E-state index in [1.54, 1.807) is 34.7 Å². The minimum atomic E-state index is -4.55. The van der Waals surface area contributed by atoms with Crippen LogP contribution in [0.25, 0.3) is 0 Å². The molecule has 24 heavy (non-hydrogen) atoms. The van der Waals surface area contributed by atoms with Crippen molar-refractivity contribution < 1.29 is 22.7 Å². The van der Waals surface area contributed by atoms with Crippen molar-refractivity contribution in [1.29, 1.82) is 0 Å². The fourth-order valence-electron chi connectivity index (χ4n) is 2.00. The van der Waals surface area contributed by atoms with Crippen molar-refractivity contribution in [2.45, 2.75) is 19.5 Å². The van der Waals surface area contributed by atoms with E-state index in [1.807, 2.05) is 6.92 Å². The molecule has 1 amide bonds. The van der Waals surface area contributed by atoms with Crippen molar-refractivity contribution in [2.24, 2.45) is 0 Å². The molecule has 0 spiro atoms. The second-order valence-corrected chi connectivity index (χ2v) is 6.26. The van der Waals surface area contributed by atoms with Gasteiger partial charge in [0, 0.05) is 9.13 Å². The number of alkyl halides is 3. The first-order valence-electron chi connectivity index (χ1n) is 7.22. The lowest BCUT2D eigenvalue weighted by molar-refractivity contribution is -0.137. The summed E-state index contributed by atoms with van der Waals surface area (Å²) in [6.45, 7) is 2.45. The number of hydrogen-bond acceptors (Lipinski definition) is 2. The lowest BCUT2D eigenvalue weighted by Crippen LogP contribution is -2.17. The Morgan fingerprint density at radius 3 is 2.62 bits per heavy atom. The Morgan fingerprint density at radius 1 is 1.21 bits per heavy atom. The summed E-state index contributed by atoms with van der Waals surface area (Å²) in [7, 11) is 0. The largest absolute Gasteiger partial charge is 0.494 e. The summed E-state index contributed by atoms with van der Waals surface area (Å²) < 4.78 is 45.2. The Balaban J connectivity index is 2.24. The van der Waals surface area contributed by atoms with Crippen LogP contribution >= 0.6 is 22.6 Å². The number of anilines is 1. The molecule has 7 heteroatoms. The number of carbonyl (C=O) groups is 1. The Hall–Kier alpha value is -1.77. The molecule has 128 valence electrons. The minimum absolute atomic E-state index is 0.232. The SMILES string of the molecule is CCCOc1cccc(C(=O)Nc2ccc(I)cc2C(F)(F)F)c1. The van der Waals surface area contributed by atoms with Crippen LogP contribution in [-0.2, 0) is 6.18 Å². The van der Waals surface area contributed by atoms with E-state index in [2.05, 4.69) is 5.32 Å². The molecule has 0 aliphatic carbocycles. The molecule has 0 bridgehead atoms. The molecule has 0 fully saturated rings. The van der Waals surface area contributed by atoms with Crippen molar-refractivity contribution in [2.75, 3.05) is 11.9 Å². The highest BCUT2D eigenvalue weighted by Gasteiger charge is 2.34. The summed E-state index contributed by atoms with van der Waals surface area (Å²) in [6, 6.07) is 10.1. The number of rotatable bonds is 5. The third-order valence-electron chi connectivity index (χ3n) is 3.10. The molecular weight excluding hydrogens is 434 g/mol. The number of benzene rings is 2. The zero-order chi connectivity index (χ0) is 17.7. The molecule has 2 aromatic carbocycles. The van der Waals surface area contributed by atoms with Crippen LogP contribution in [0, 0.1) is 3.57 Å². The molecule has 0 saturated heterocycles. The first-order chi connectivity index (χ1) is 11.3. The van der Waals surface area contributed by atoms with E-state index >= 15 is 0 Å². The smallest absolute Gasteiger partial charge is 0.418 e. The highest BCUT2D eigenvalue weighted by molar-refractivity contribution is 14.1. The lowest BCUT2D eigenvalue weighted by atomic mass is 10.1. The van der Waals surface area contributed by atoms with E-state index in [1.165, 1.54) is 24.3 Å². The van der Waals surface area contributed by atoms with Crippen LogP contribution in [0.1, 0.15) is 29.3 Å². The number of ether oxygens (including phenoxy) is 1. The van der Waals surface area contributed by atoms with Gasteiger partial charge in [0.1, 0.15) is 5.75 Å². The Kier molecular flexibility index (Phi) is 6.09. The third-order valence-corrected chi connectivity index (χ3v) is 3.78. The molecule has 0 radical (unpaired) electrons. The Labute approximate surface area is 151 Å². The van der Waals surface area contributed by atoms with Crippen molar-refractivity contribution >= 4 is 34.2 Å². The van der Waals surface area contributed by atoms with Gasteiger partial charge in [-0.25, -0.2) is 0 Å². The number of hydrogen-bond donors (Lipinski definition) is 1. The van der Waals surface area contributed by atoms with Crippen molar-refractivity contribution in [3.8, 4) is 5.75 Å². The summed E-state index contributed by atoms with van der Waals surface area (Å²) in [4.78, 5) is 12.3. The van der Waals surface area contributed by atoms with Gasteiger partial charge in [-0.1, -0.05) is 13.0 Å². The highest BCUT2D eigenvalue weighted by Crippen LogP contribution is 2.36. The first-order valence-corrected chi connectivity index (χ1v) is 8.30. The zero-order valence-corrected chi connectivity index (χ0v) is 14.9. The fraction of sp³-hybridized carbons (Fsp3) is 0.235. The zero-order valence-electron chi connectivity index (χ0n) is 12.8. The topological polar surface area (TPSA) is 38.3 Å². The van der Waals surface area contributed by atoms with E-state index in [0.29, 0.717) is 15.9 Å². The van der Waals surface area contributed by atoms with E-state index in [9.17, 15) is 18.0 Å². The number of carbonyl (C=O) groups excluding carboxylic acids is 1. The highest BCUT2D eigenvalue weighted by atomic mass is 127. The van der Waals surface area contributed by atoms with Gasteiger partial charge in [0.25, 0.3) is 5.91 Å². The molecule has 0 aromatic heterocycles. The third kappa shape index (κ3) is 4.86. The summed E-state index contributed by atoms with van der Waals surface area (Å²) in [5.41, 5.74) is -0.913. The van der Waals surface area contributed by atoms with Crippen LogP contribution in [0.15, 0.2) is 42.5 Å². The molecule has 0 aliphatic rings. The second kappa shape index (κ2) is 7.87. The van der Waals surface area contributed by atoms with Gasteiger partial charge in [0.2, 0.25) is 0 Å². The van der Waals surface area contributed by atoms with Crippen molar-refractivity contribution in [3.05, 3.63) is 57.2 Å². The average Bonchev–Trinajstić information content (AvgIpc) is 2.54. The lowest BCUT2D eigenvalue weighted by Gasteiger charge is -2.14. The maximum Gasteiger partial charge on any atom is 0.418 e. The van der Waals surface area contributed by atoms with Crippen LogP contribution in [0.3, 0.4) is 0 Å². The Bertz CT molecular complexity index is 732. The van der Waals surface area contributed by atoms with Crippen LogP contribution < -0.4 is 10.1 Å². The van der Waals surface area contributed by atoms with Crippen LogP contribution in [0.4, 0.5) is 18.9 Å². The molecule has 0 aliphatic heterocycles. The van der Waals surface area contributed by atoms with E-state index < -0.39 is 17.6 Å². The summed E-state index contributed by atoms with van der Waals surface area (Å²) >= 11 is 1.80. The van der Waals surface area contributed by atoms with Crippen LogP contribution in [0.2, 0.25) is 0 Å². The standard InChI is InChI=1S/C17H15F3INO2/c1-2-8-24-13-5-3-4-11(9-13)16(23)22-15-7-6-12(21)10-14(15)17(18,19)20/h3-7,9-10H,2,8H2,1H3,(H,22,23). The molecule has 2 aromatic rings. The molecule has 0 heterocycles. The van der Waals surface area contributed by atoms with Gasteiger partial charge in [-0.2, -0.15) is 13.2 Å². The molecule has 1 N–H and O–H groups in total. The van der Waals surface area contributed by atoms with Gasteiger partial charge in [-0.05, 0) is 65.4 Å². The summed E-state index contributed by atoms with van der Waals surface area (Å²) in [5, 5.41) is 2.33. The van der Waals surface area contributed by atoms with Gasteiger partial charge in [-0.15, -0.1) is 0 Å². The van der Waals surface area contributed by atoms with Gasteiger partial charge >= 0.3 is 6.18 Å². The van der Waals surface area contributed by atoms with Gasteiger partial charge < -0.3 is 10.1 Å². The number of amides is 1. The monoisotopic (exact) mass is 449 g/mol. The normalized spacial score (nSPS) is 11.2. The van der Waals surface area contributed by atoms with Gasteiger partial charge in [-0.3, -0.25) is 4.79 Å². The van der Waals surface area contributed by atoms with Gasteiger partial charge in [0.05, 0.1) is 17.9 Å². The summed E-state index contributed by atoms with van der Waals surface area (Å²) in [5.74, 6) is -0.119. The van der Waals surface area contributed by atoms with Crippen LogP contribution in [-0.4, -0.2) is 12.5 Å². The van der Waals surface area contributed by atoms with Crippen molar-refractivity contribution in [1.82, 2.24) is 0 Å². The average molecular weight is 449 g/mol. The van der Waals surface area contributed by atoms with E-state index in [-0.39, 0.29) is 11.3 Å². The molecule has 3 nitrogen and oxygen atoms in total. The molecule has 2 rings (SSSR count). The maximum atomic E-state index is 13.1. The summed E-state index contributed by atoms with van der Waals surface area (Å²) in [6.07, 6.45) is -3.73. The molecule has 0 saturated carbocycles. The molecular formula is C17H15F3INO2. The number of halogens is 4. The molecule has 0 atom stereocenters. The predicted octanol–water partition coefficient (Wildman–Crippen LogP) is 5.35. The molecule has 0 unspecified atom stereocenters. The first kappa shape index (κ1) is 18.6. The number of nitrogens with one attached hydrogen (secondary N) is 1. The van der Waals surface area contributed by atoms with Crippen molar-refractivity contribution in [3.63, 3.8) is 0 Å². The fourth-order valence-corrected chi connectivity index (χ4v) is 2.49. The van der Waals surface area contributed by atoms with Gasteiger partial charge in [0.15, 0.2) is 0 Å². The Morgan fingerprint density at radius 2 is 1.96 bits per heavy atom.